The predicted molar refractivity (Wildman–Crippen MR) is 135 cm³/mol. The Bertz CT molecular complexity index is 1210. The number of amides is 1. The lowest BCUT2D eigenvalue weighted by Crippen LogP contribution is -2.49. The molecule has 0 saturated carbocycles. The molecule has 2 bridgehead atoms. The Labute approximate surface area is 209 Å². The minimum absolute atomic E-state index is 0.0707. The average Bonchev–Trinajstić information content (AvgIpc) is 3.13. The Morgan fingerprint density at radius 3 is 2.47 bits per heavy atom. The highest BCUT2D eigenvalue weighted by atomic mass is 35.5. The summed E-state index contributed by atoms with van der Waals surface area (Å²) in [5, 5.41) is 9.86. The van der Waals surface area contributed by atoms with Gasteiger partial charge in [-0.2, -0.15) is 5.26 Å². The third-order valence-electron chi connectivity index (χ3n) is 6.59. The van der Waals surface area contributed by atoms with Gasteiger partial charge in [-0.15, -0.1) is 11.8 Å². The SMILES string of the molecule is N#Cc1cccc(OC2CC3CCC(C2)N3C(=O)c2ccc(CSc3cccc(Cl)c3)cc2)c1. The van der Waals surface area contributed by atoms with Crippen LogP contribution in [0.5, 0.6) is 5.75 Å². The number of benzene rings is 3. The number of thioether (sulfide) groups is 1. The van der Waals surface area contributed by atoms with Crippen molar-refractivity contribution >= 4 is 29.3 Å². The van der Waals surface area contributed by atoms with Crippen LogP contribution in [-0.4, -0.2) is 29.0 Å². The number of halogens is 1. The fourth-order valence-corrected chi connectivity index (χ4v) is 6.17. The Kier molecular flexibility index (Phi) is 6.80. The summed E-state index contributed by atoms with van der Waals surface area (Å²) in [5.74, 6) is 1.68. The molecule has 0 aliphatic carbocycles. The van der Waals surface area contributed by atoms with Crippen molar-refractivity contribution < 1.29 is 9.53 Å². The van der Waals surface area contributed by atoms with Gasteiger partial charge in [0.25, 0.3) is 5.91 Å². The number of carbonyl (C=O) groups excluding carboxylic acids is 1. The first-order chi connectivity index (χ1) is 16.6. The minimum atomic E-state index is 0.0707. The smallest absolute Gasteiger partial charge is 0.254 e. The number of nitrogens with zero attached hydrogens (tertiary/aromatic N) is 2. The van der Waals surface area contributed by atoms with Gasteiger partial charge in [0.15, 0.2) is 0 Å². The lowest BCUT2D eigenvalue weighted by Gasteiger charge is -2.39. The van der Waals surface area contributed by atoms with Crippen molar-refractivity contribution in [2.45, 2.75) is 54.5 Å². The van der Waals surface area contributed by atoms with Crippen molar-refractivity contribution in [3.05, 3.63) is 94.5 Å². The summed E-state index contributed by atoms with van der Waals surface area (Å²) in [6.07, 6.45) is 3.76. The summed E-state index contributed by atoms with van der Waals surface area (Å²) in [7, 11) is 0. The second-order valence-corrected chi connectivity index (χ2v) is 10.4. The van der Waals surface area contributed by atoms with Crippen molar-refractivity contribution in [1.29, 1.82) is 5.26 Å². The molecule has 0 aromatic heterocycles. The van der Waals surface area contributed by atoms with Crippen LogP contribution in [0.3, 0.4) is 0 Å². The molecule has 0 radical (unpaired) electrons. The summed E-state index contributed by atoms with van der Waals surface area (Å²) < 4.78 is 6.20. The molecule has 2 aliphatic rings. The molecule has 1 amide bonds. The van der Waals surface area contributed by atoms with Crippen molar-refractivity contribution in [2.75, 3.05) is 0 Å². The van der Waals surface area contributed by atoms with Crippen LogP contribution in [0.2, 0.25) is 5.02 Å². The first-order valence-corrected chi connectivity index (χ1v) is 12.9. The molecule has 5 rings (SSSR count). The van der Waals surface area contributed by atoms with E-state index in [1.165, 1.54) is 5.56 Å². The highest BCUT2D eigenvalue weighted by Gasteiger charge is 2.44. The van der Waals surface area contributed by atoms with Crippen LogP contribution < -0.4 is 4.74 Å². The van der Waals surface area contributed by atoms with E-state index in [9.17, 15) is 4.79 Å². The highest BCUT2D eigenvalue weighted by molar-refractivity contribution is 7.98. The molecule has 34 heavy (non-hydrogen) atoms. The van der Waals surface area contributed by atoms with Crippen LogP contribution in [0.1, 0.15) is 47.2 Å². The Morgan fingerprint density at radius 1 is 1.03 bits per heavy atom. The Hall–Kier alpha value is -2.94. The van der Waals surface area contributed by atoms with E-state index in [4.69, 9.17) is 21.6 Å². The quantitative estimate of drug-likeness (QED) is 0.361. The molecule has 0 N–H and O–H groups in total. The maximum atomic E-state index is 13.4. The van der Waals surface area contributed by atoms with Gasteiger partial charge in [0.05, 0.1) is 11.6 Å². The zero-order valence-electron chi connectivity index (χ0n) is 18.7. The number of nitriles is 1. The Balaban J connectivity index is 1.20. The molecule has 0 spiro atoms. The number of fused-ring (bicyclic) bond motifs is 2. The number of rotatable bonds is 6. The van der Waals surface area contributed by atoms with E-state index in [0.717, 1.165) is 52.7 Å². The molecule has 172 valence electrons. The summed E-state index contributed by atoms with van der Waals surface area (Å²) in [5.41, 5.74) is 2.52. The average molecular weight is 489 g/mol. The lowest BCUT2D eigenvalue weighted by molar-refractivity contribution is 0.0359. The summed E-state index contributed by atoms with van der Waals surface area (Å²) in [6, 6.07) is 25.7. The zero-order valence-corrected chi connectivity index (χ0v) is 20.3. The van der Waals surface area contributed by atoms with Gasteiger partial charge in [0, 0.05) is 46.2 Å². The van der Waals surface area contributed by atoms with E-state index in [1.807, 2.05) is 54.6 Å². The third-order valence-corrected chi connectivity index (χ3v) is 7.89. The van der Waals surface area contributed by atoms with Crippen molar-refractivity contribution in [3.8, 4) is 11.8 Å². The monoisotopic (exact) mass is 488 g/mol. The molecule has 2 heterocycles. The number of carbonyl (C=O) groups is 1. The number of ether oxygens (including phenoxy) is 1. The maximum absolute atomic E-state index is 13.4. The van der Waals surface area contributed by atoms with Gasteiger partial charge < -0.3 is 9.64 Å². The lowest BCUT2D eigenvalue weighted by atomic mass is 9.98. The molecular weight excluding hydrogens is 464 g/mol. The topological polar surface area (TPSA) is 53.3 Å². The number of piperidine rings is 1. The van der Waals surface area contributed by atoms with E-state index in [2.05, 4.69) is 17.0 Å². The summed E-state index contributed by atoms with van der Waals surface area (Å²) in [6.45, 7) is 0. The minimum Gasteiger partial charge on any atom is -0.490 e. The predicted octanol–water partition coefficient (Wildman–Crippen LogP) is 6.72. The van der Waals surface area contributed by atoms with Crippen molar-refractivity contribution in [1.82, 2.24) is 4.90 Å². The van der Waals surface area contributed by atoms with E-state index in [1.54, 1.807) is 23.9 Å². The second kappa shape index (κ2) is 10.1. The first-order valence-electron chi connectivity index (χ1n) is 11.6. The molecule has 3 aromatic carbocycles. The highest BCUT2D eigenvalue weighted by Crippen LogP contribution is 2.38. The summed E-state index contributed by atoms with van der Waals surface area (Å²) in [4.78, 5) is 16.6. The van der Waals surface area contributed by atoms with E-state index in [-0.39, 0.29) is 24.1 Å². The van der Waals surface area contributed by atoms with Crippen LogP contribution in [0.4, 0.5) is 0 Å². The van der Waals surface area contributed by atoms with Gasteiger partial charge in [-0.1, -0.05) is 35.9 Å². The van der Waals surface area contributed by atoms with Gasteiger partial charge in [-0.05, 0) is 66.9 Å². The van der Waals surface area contributed by atoms with Crippen LogP contribution in [-0.2, 0) is 5.75 Å². The fourth-order valence-electron chi connectivity index (χ4n) is 5.00. The molecule has 2 unspecified atom stereocenters. The summed E-state index contributed by atoms with van der Waals surface area (Å²) >= 11 is 7.80. The van der Waals surface area contributed by atoms with Crippen LogP contribution in [0.15, 0.2) is 77.7 Å². The molecule has 2 atom stereocenters. The van der Waals surface area contributed by atoms with Gasteiger partial charge in [0.2, 0.25) is 0 Å². The number of hydrogen-bond donors (Lipinski definition) is 0. The van der Waals surface area contributed by atoms with E-state index < -0.39 is 0 Å². The van der Waals surface area contributed by atoms with Gasteiger partial charge in [-0.25, -0.2) is 0 Å². The van der Waals surface area contributed by atoms with Gasteiger partial charge >= 0.3 is 0 Å². The normalized spacial score (nSPS) is 21.2. The second-order valence-electron chi connectivity index (χ2n) is 8.89. The van der Waals surface area contributed by atoms with Gasteiger partial charge in [0.1, 0.15) is 11.9 Å². The fraction of sp³-hybridized carbons (Fsp3) is 0.286. The first kappa shape index (κ1) is 22.8. The van der Waals surface area contributed by atoms with Crippen LogP contribution in [0, 0.1) is 11.3 Å². The molecule has 4 nitrogen and oxygen atoms in total. The van der Waals surface area contributed by atoms with Gasteiger partial charge in [-0.3, -0.25) is 4.79 Å². The van der Waals surface area contributed by atoms with Crippen molar-refractivity contribution in [2.24, 2.45) is 0 Å². The van der Waals surface area contributed by atoms with Crippen LogP contribution >= 0.6 is 23.4 Å². The molecule has 6 heteroatoms. The molecule has 2 fully saturated rings. The molecule has 2 saturated heterocycles. The third kappa shape index (κ3) is 5.09. The van der Waals surface area contributed by atoms with E-state index in [0.29, 0.717) is 5.56 Å². The Morgan fingerprint density at radius 2 is 1.76 bits per heavy atom. The molecule has 2 aliphatic heterocycles. The largest absolute Gasteiger partial charge is 0.490 e. The van der Waals surface area contributed by atoms with E-state index >= 15 is 0 Å². The number of hydrogen-bond acceptors (Lipinski definition) is 4. The van der Waals surface area contributed by atoms with Crippen molar-refractivity contribution in [3.63, 3.8) is 0 Å². The zero-order chi connectivity index (χ0) is 23.5. The standard InChI is InChI=1S/C28H25ClN2O2S/c29-22-4-2-6-27(14-22)34-18-19-7-9-21(10-8-19)28(32)31-23-11-12-24(31)16-26(15-23)33-25-5-1-3-20(13-25)17-30/h1-10,13-14,23-24,26H,11-12,15-16,18H2. The maximum Gasteiger partial charge on any atom is 0.254 e. The molecule has 3 aromatic rings. The molecular formula is C28H25ClN2O2S. The van der Waals surface area contributed by atoms with Crippen LogP contribution in [0.25, 0.3) is 0 Å².